The molecule has 0 aromatic heterocycles. The largest absolute Gasteiger partial charge is 0.490 e. The van der Waals surface area contributed by atoms with Crippen LogP contribution in [0.2, 0.25) is 0 Å². The highest BCUT2D eigenvalue weighted by molar-refractivity contribution is 6.55. The third-order valence-electron chi connectivity index (χ3n) is 4.50. The number of hydrazone groups is 1. The molecule has 1 saturated heterocycles. The van der Waals surface area contributed by atoms with Crippen molar-refractivity contribution in [2.45, 2.75) is 84.5 Å². The maximum absolute atomic E-state index is 11.7. The van der Waals surface area contributed by atoms with Gasteiger partial charge in [-0.1, -0.05) is 0 Å². The van der Waals surface area contributed by atoms with Gasteiger partial charge in [-0.15, -0.1) is 0 Å². The molecule has 0 saturated carbocycles. The van der Waals surface area contributed by atoms with Crippen LogP contribution in [0.15, 0.2) is 16.6 Å². The number of hydrogen-bond acceptors (Lipinski definition) is 5. The van der Waals surface area contributed by atoms with Crippen LogP contribution >= 0.6 is 0 Å². The third-order valence-corrected chi connectivity index (χ3v) is 4.50. The van der Waals surface area contributed by atoms with Crippen LogP contribution in [-0.2, 0) is 14.0 Å². The van der Waals surface area contributed by atoms with Crippen molar-refractivity contribution in [1.82, 2.24) is 5.43 Å². The molecule has 1 amide bonds. The second kappa shape index (κ2) is 6.52. The van der Waals surface area contributed by atoms with E-state index in [2.05, 4.69) is 10.5 Å². The SMILES string of the molecule is CC(C)(C)OC(=O)N/N=C1\C=C(B2OC(C)(C)C(C)(C)O2)CCC1. The Morgan fingerprint density at radius 2 is 1.79 bits per heavy atom. The van der Waals surface area contributed by atoms with Gasteiger partial charge in [0, 0.05) is 0 Å². The summed E-state index contributed by atoms with van der Waals surface area (Å²) in [6.07, 6.45) is 4.07. The summed E-state index contributed by atoms with van der Waals surface area (Å²) >= 11 is 0. The van der Waals surface area contributed by atoms with Crippen LogP contribution < -0.4 is 5.43 Å². The molecule has 7 heteroatoms. The molecule has 6 nitrogen and oxygen atoms in total. The highest BCUT2D eigenvalue weighted by Crippen LogP contribution is 2.39. The fourth-order valence-electron chi connectivity index (χ4n) is 2.52. The molecule has 1 aliphatic carbocycles. The van der Waals surface area contributed by atoms with Crippen molar-refractivity contribution in [3.63, 3.8) is 0 Å². The van der Waals surface area contributed by atoms with Crippen molar-refractivity contribution >= 4 is 18.9 Å². The Balaban J connectivity index is 2.04. The van der Waals surface area contributed by atoms with E-state index in [1.165, 1.54) is 0 Å². The minimum absolute atomic E-state index is 0.359. The Bertz CT molecular complexity index is 545. The Morgan fingerprint density at radius 3 is 2.33 bits per heavy atom. The Labute approximate surface area is 145 Å². The highest BCUT2D eigenvalue weighted by Gasteiger charge is 2.52. The van der Waals surface area contributed by atoms with E-state index < -0.39 is 11.7 Å². The quantitative estimate of drug-likeness (QED) is 0.618. The average molecular weight is 336 g/mol. The molecule has 134 valence electrons. The summed E-state index contributed by atoms with van der Waals surface area (Å²) in [5, 5.41) is 4.17. The van der Waals surface area contributed by atoms with Gasteiger partial charge in [0.15, 0.2) is 0 Å². The van der Waals surface area contributed by atoms with E-state index in [1.54, 1.807) is 0 Å². The zero-order chi connectivity index (χ0) is 18.2. The Morgan fingerprint density at radius 1 is 1.21 bits per heavy atom. The molecule has 0 atom stereocenters. The molecule has 1 N–H and O–H groups in total. The zero-order valence-electron chi connectivity index (χ0n) is 15.9. The van der Waals surface area contributed by atoms with E-state index >= 15 is 0 Å². The van der Waals surface area contributed by atoms with Crippen LogP contribution in [-0.4, -0.2) is 35.7 Å². The molecule has 0 bridgehead atoms. The summed E-state index contributed by atoms with van der Waals surface area (Å²) in [5.74, 6) is 0. The fourth-order valence-corrected chi connectivity index (χ4v) is 2.52. The molecule has 0 aromatic rings. The first-order valence-corrected chi connectivity index (χ1v) is 8.51. The molecule has 0 spiro atoms. The lowest BCUT2D eigenvalue weighted by Gasteiger charge is -2.32. The van der Waals surface area contributed by atoms with Crippen LogP contribution in [0, 0.1) is 0 Å². The summed E-state index contributed by atoms with van der Waals surface area (Å²) in [6.45, 7) is 13.6. The number of nitrogens with zero attached hydrogens (tertiary/aromatic N) is 1. The van der Waals surface area contributed by atoms with Gasteiger partial charge in [0.25, 0.3) is 0 Å². The fraction of sp³-hybridized carbons (Fsp3) is 0.765. The van der Waals surface area contributed by atoms with E-state index in [0.717, 1.165) is 30.4 Å². The van der Waals surface area contributed by atoms with Crippen LogP contribution in [0.5, 0.6) is 0 Å². The van der Waals surface area contributed by atoms with Crippen molar-refractivity contribution in [3.8, 4) is 0 Å². The molecule has 1 aliphatic heterocycles. The average Bonchev–Trinajstić information content (AvgIpc) is 2.64. The topological polar surface area (TPSA) is 69.2 Å². The van der Waals surface area contributed by atoms with Crippen molar-refractivity contribution in [2.24, 2.45) is 5.10 Å². The van der Waals surface area contributed by atoms with Gasteiger partial charge in [0.1, 0.15) is 5.60 Å². The number of rotatable bonds is 2. The van der Waals surface area contributed by atoms with E-state index in [9.17, 15) is 4.79 Å². The normalized spacial score (nSPS) is 24.7. The first-order chi connectivity index (χ1) is 10.9. The zero-order valence-corrected chi connectivity index (χ0v) is 15.9. The summed E-state index contributed by atoms with van der Waals surface area (Å²) < 4.78 is 17.4. The number of carbonyl (C=O) groups excluding carboxylic acids is 1. The third kappa shape index (κ3) is 4.60. The van der Waals surface area contributed by atoms with Crippen molar-refractivity contribution in [3.05, 3.63) is 11.5 Å². The summed E-state index contributed by atoms with van der Waals surface area (Å²) in [6, 6.07) is 0. The summed E-state index contributed by atoms with van der Waals surface area (Å²) in [4.78, 5) is 11.7. The molecule has 1 fully saturated rings. The lowest BCUT2D eigenvalue weighted by molar-refractivity contribution is 0.00578. The number of carbonyl (C=O) groups is 1. The standard InChI is InChI=1S/C17H29BN2O4/c1-15(2,3)22-14(21)20-19-13-10-8-9-12(11-13)18-23-16(4,5)17(6,7)24-18/h11H,8-10H2,1-7H3,(H,20,21)/b19-13-. The van der Waals surface area contributed by atoms with Crippen LogP contribution in [0.3, 0.4) is 0 Å². The van der Waals surface area contributed by atoms with Crippen LogP contribution in [0.4, 0.5) is 4.79 Å². The second-order valence-electron chi connectivity index (χ2n) is 8.38. The van der Waals surface area contributed by atoms with Gasteiger partial charge in [-0.2, -0.15) is 5.10 Å². The molecule has 0 radical (unpaired) electrons. The maximum atomic E-state index is 11.7. The molecule has 2 rings (SSSR count). The van der Waals surface area contributed by atoms with E-state index in [-0.39, 0.29) is 18.3 Å². The van der Waals surface area contributed by atoms with Gasteiger partial charge in [-0.05, 0) is 79.3 Å². The second-order valence-corrected chi connectivity index (χ2v) is 8.38. The number of allylic oxidation sites excluding steroid dienone is 2. The van der Waals surface area contributed by atoms with Crippen molar-refractivity contribution < 1.29 is 18.8 Å². The van der Waals surface area contributed by atoms with Gasteiger partial charge in [0.2, 0.25) is 0 Å². The van der Waals surface area contributed by atoms with Crippen molar-refractivity contribution in [1.29, 1.82) is 0 Å². The van der Waals surface area contributed by atoms with E-state index in [4.69, 9.17) is 14.0 Å². The maximum Gasteiger partial charge on any atom is 0.490 e. The molecule has 0 aromatic carbocycles. The summed E-state index contributed by atoms with van der Waals surface area (Å²) in [7, 11) is -0.359. The minimum atomic E-state index is -0.550. The highest BCUT2D eigenvalue weighted by atomic mass is 16.7. The predicted octanol–water partition coefficient (Wildman–Crippen LogP) is 3.61. The predicted molar refractivity (Wildman–Crippen MR) is 94.8 cm³/mol. The van der Waals surface area contributed by atoms with Crippen molar-refractivity contribution in [2.75, 3.05) is 0 Å². The molecule has 24 heavy (non-hydrogen) atoms. The lowest BCUT2D eigenvalue weighted by Crippen LogP contribution is -2.41. The van der Waals surface area contributed by atoms with Crippen LogP contribution in [0.1, 0.15) is 67.7 Å². The van der Waals surface area contributed by atoms with Gasteiger partial charge >= 0.3 is 13.2 Å². The van der Waals surface area contributed by atoms with Gasteiger partial charge < -0.3 is 14.0 Å². The Hall–Kier alpha value is -1.34. The molecule has 0 unspecified atom stereocenters. The van der Waals surface area contributed by atoms with Gasteiger partial charge in [-0.3, -0.25) is 0 Å². The number of ether oxygens (including phenoxy) is 1. The Kier molecular flexibility index (Phi) is 5.16. The molecule has 2 aliphatic rings. The smallest absolute Gasteiger partial charge is 0.443 e. The monoisotopic (exact) mass is 336 g/mol. The minimum Gasteiger partial charge on any atom is -0.443 e. The van der Waals surface area contributed by atoms with Crippen LogP contribution in [0.25, 0.3) is 0 Å². The first kappa shape index (κ1) is 19.0. The summed E-state index contributed by atoms with van der Waals surface area (Å²) in [5.41, 5.74) is 3.06. The van der Waals surface area contributed by atoms with Gasteiger partial charge in [0.05, 0.1) is 16.9 Å². The van der Waals surface area contributed by atoms with Gasteiger partial charge in [-0.25, -0.2) is 10.2 Å². The molecule has 1 heterocycles. The number of amides is 1. The lowest BCUT2D eigenvalue weighted by atomic mass is 9.72. The first-order valence-electron chi connectivity index (χ1n) is 8.51. The number of hydrogen-bond donors (Lipinski definition) is 1. The van der Waals surface area contributed by atoms with E-state index in [1.807, 2.05) is 54.5 Å². The molecular weight excluding hydrogens is 307 g/mol. The number of nitrogens with one attached hydrogen (secondary N) is 1. The molecular formula is C17H29BN2O4. The van der Waals surface area contributed by atoms with E-state index in [0.29, 0.717) is 0 Å².